The summed E-state index contributed by atoms with van der Waals surface area (Å²) in [6.45, 7) is 11.3. The Morgan fingerprint density at radius 2 is 2.05 bits per heavy atom. The van der Waals surface area contributed by atoms with Gasteiger partial charge in [-0.05, 0) is 32.3 Å². The fourth-order valence-electron chi connectivity index (χ4n) is 1.95. The van der Waals surface area contributed by atoms with Crippen molar-refractivity contribution >= 4 is 6.09 Å². The molecule has 0 N–H and O–H groups in total. The Hall–Kier alpha value is -1.52. The smallest absolute Gasteiger partial charge is 0.410 e. The van der Waals surface area contributed by atoms with Crippen molar-refractivity contribution in [1.82, 2.24) is 14.7 Å². The first-order chi connectivity index (χ1) is 8.76. The average Bonchev–Trinajstić information content (AvgIpc) is 2.61. The number of hydrogen-bond acceptors (Lipinski definition) is 3. The lowest BCUT2D eigenvalue weighted by Crippen LogP contribution is -2.52. The fourth-order valence-corrected chi connectivity index (χ4v) is 1.95. The summed E-state index contributed by atoms with van der Waals surface area (Å²) in [4.78, 5) is 13.5. The van der Waals surface area contributed by atoms with Crippen LogP contribution in [-0.4, -0.2) is 39.5 Å². The van der Waals surface area contributed by atoms with E-state index in [4.69, 9.17) is 4.74 Å². The molecule has 106 valence electrons. The molecule has 2 rings (SSSR count). The summed E-state index contributed by atoms with van der Waals surface area (Å²) in [5.74, 6) is 0.482. The van der Waals surface area contributed by atoms with E-state index < -0.39 is 5.60 Å². The molecule has 1 aromatic rings. The highest BCUT2D eigenvalue weighted by Crippen LogP contribution is 2.24. The summed E-state index contributed by atoms with van der Waals surface area (Å²) in [6, 6.07) is 0.278. The zero-order valence-corrected chi connectivity index (χ0v) is 12.4. The normalized spacial score (nSPS) is 16.6. The first-order valence-electron chi connectivity index (χ1n) is 6.78. The van der Waals surface area contributed by atoms with E-state index in [1.165, 1.54) is 5.56 Å². The van der Waals surface area contributed by atoms with Gasteiger partial charge in [-0.1, -0.05) is 13.8 Å². The zero-order chi connectivity index (χ0) is 14.2. The highest BCUT2D eigenvalue weighted by atomic mass is 16.6. The van der Waals surface area contributed by atoms with E-state index in [2.05, 4.69) is 25.1 Å². The van der Waals surface area contributed by atoms with Crippen molar-refractivity contribution in [3.63, 3.8) is 0 Å². The van der Waals surface area contributed by atoms with Crippen LogP contribution in [0.1, 0.15) is 52.1 Å². The minimum atomic E-state index is -0.432. The molecule has 5 heteroatoms. The maximum absolute atomic E-state index is 11.8. The Labute approximate surface area is 114 Å². The van der Waals surface area contributed by atoms with Gasteiger partial charge in [0.25, 0.3) is 0 Å². The molecule has 0 aromatic carbocycles. The van der Waals surface area contributed by atoms with Crippen molar-refractivity contribution in [2.75, 3.05) is 13.1 Å². The Bertz CT molecular complexity index is 454. The molecule has 19 heavy (non-hydrogen) atoms. The van der Waals surface area contributed by atoms with Gasteiger partial charge in [0.1, 0.15) is 5.60 Å². The molecule has 0 saturated carbocycles. The molecule has 1 saturated heterocycles. The largest absolute Gasteiger partial charge is 0.444 e. The SMILES string of the molecule is CC(C)c1cnn(C2CN(C(=O)OC(C)(C)C)C2)c1. The third-order valence-corrected chi connectivity index (χ3v) is 3.18. The molecule has 0 aliphatic carbocycles. The molecule has 2 heterocycles. The summed E-state index contributed by atoms with van der Waals surface area (Å²) >= 11 is 0. The average molecular weight is 265 g/mol. The summed E-state index contributed by atoms with van der Waals surface area (Å²) in [6.07, 6.45) is 3.74. The van der Waals surface area contributed by atoms with Crippen LogP contribution in [0, 0.1) is 0 Å². The number of amides is 1. The minimum Gasteiger partial charge on any atom is -0.444 e. The summed E-state index contributed by atoms with van der Waals surface area (Å²) in [5, 5.41) is 4.37. The second-order valence-electron chi connectivity index (χ2n) is 6.45. The van der Waals surface area contributed by atoms with Crippen LogP contribution in [0.25, 0.3) is 0 Å². The van der Waals surface area contributed by atoms with Crippen molar-refractivity contribution in [3.05, 3.63) is 18.0 Å². The standard InChI is InChI=1S/C14H23N3O2/c1-10(2)11-6-15-17(7-11)12-8-16(9-12)13(18)19-14(3,4)5/h6-7,10,12H,8-9H2,1-5H3. The Balaban J connectivity index is 1.87. The number of ether oxygens (including phenoxy) is 1. The van der Waals surface area contributed by atoms with Crippen LogP contribution in [-0.2, 0) is 4.74 Å². The van der Waals surface area contributed by atoms with E-state index in [0.717, 1.165) is 0 Å². The molecule has 1 aliphatic heterocycles. The van der Waals surface area contributed by atoms with Crippen LogP contribution in [0.15, 0.2) is 12.4 Å². The van der Waals surface area contributed by atoms with Crippen molar-refractivity contribution in [1.29, 1.82) is 0 Å². The van der Waals surface area contributed by atoms with Gasteiger partial charge in [-0.2, -0.15) is 5.10 Å². The maximum atomic E-state index is 11.8. The lowest BCUT2D eigenvalue weighted by atomic mass is 10.1. The van der Waals surface area contributed by atoms with Crippen molar-refractivity contribution in [2.24, 2.45) is 0 Å². The van der Waals surface area contributed by atoms with Gasteiger partial charge in [-0.3, -0.25) is 4.68 Å². The Kier molecular flexibility index (Phi) is 3.56. The van der Waals surface area contributed by atoms with E-state index >= 15 is 0 Å². The molecular formula is C14H23N3O2. The van der Waals surface area contributed by atoms with Gasteiger partial charge in [0, 0.05) is 19.3 Å². The molecule has 1 fully saturated rings. The third-order valence-electron chi connectivity index (χ3n) is 3.18. The van der Waals surface area contributed by atoms with Crippen LogP contribution in [0.2, 0.25) is 0 Å². The number of nitrogens with zero attached hydrogens (tertiary/aromatic N) is 3. The van der Waals surface area contributed by atoms with Crippen molar-refractivity contribution < 1.29 is 9.53 Å². The lowest BCUT2D eigenvalue weighted by Gasteiger charge is -2.39. The highest BCUT2D eigenvalue weighted by Gasteiger charge is 2.35. The quantitative estimate of drug-likeness (QED) is 0.826. The number of aromatic nitrogens is 2. The second-order valence-corrected chi connectivity index (χ2v) is 6.45. The molecule has 0 radical (unpaired) electrons. The molecule has 1 aliphatic rings. The maximum Gasteiger partial charge on any atom is 0.410 e. The van der Waals surface area contributed by atoms with E-state index in [1.54, 1.807) is 4.90 Å². The number of carbonyl (C=O) groups excluding carboxylic acids is 1. The van der Waals surface area contributed by atoms with E-state index in [-0.39, 0.29) is 12.1 Å². The number of likely N-dealkylation sites (tertiary alicyclic amines) is 1. The lowest BCUT2D eigenvalue weighted by molar-refractivity contribution is -0.000397. The van der Waals surface area contributed by atoms with Crippen molar-refractivity contribution in [3.8, 4) is 0 Å². The van der Waals surface area contributed by atoms with E-state index in [0.29, 0.717) is 19.0 Å². The second kappa shape index (κ2) is 4.87. The van der Waals surface area contributed by atoms with Crippen LogP contribution >= 0.6 is 0 Å². The fraction of sp³-hybridized carbons (Fsp3) is 0.714. The molecule has 0 atom stereocenters. The van der Waals surface area contributed by atoms with Crippen LogP contribution < -0.4 is 0 Å². The predicted octanol–water partition coefficient (Wildman–Crippen LogP) is 2.80. The molecule has 0 unspecified atom stereocenters. The Morgan fingerprint density at radius 1 is 1.42 bits per heavy atom. The van der Waals surface area contributed by atoms with Crippen molar-refractivity contribution in [2.45, 2.75) is 52.2 Å². The predicted molar refractivity (Wildman–Crippen MR) is 73.2 cm³/mol. The van der Waals surface area contributed by atoms with E-state index in [9.17, 15) is 4.79 Å². The van der Waals surface area contributed by atoms with Gasteiger partial charge in [0.2, 0.25) is 0 Å². The first kappa shape index (κ1) is 13.9. The number of carbonyl (C=O) groups is 1. The summed E-state index contributed by atoms with van der Waals surface area (Å²) in [7, 11) is 0. The summed E-state index contributed by atoms with van der Waals surface area (Å²) in [5.41, 5.74) is 0.800. The first-order valence-corrected chi connectivity index (χ1v) is 6.78. The van der Waals surface area contributed by atoms with Gasteiger partial charge in [-0.25, -0.2) is 4.79 Å². The minimum absolute atomic E-state index is 0.236. The van der Waals surface area contributed by atoms with Gasteiger partial charge < -0.3 is 9.64 Å². The molecule has 5 nitrogen and oxygen atoms in total. The number of hydrogen-bond donors (Lipinski definition) is 0. The monoisotopic (exact) mass is 265 g/mol. The summed E-state index contributed by atoms with van der Waals surface area (Å²) < 4.78 is 7.28. The molecule has 1 aromatic heterocycles. The van der Waals surface area contributed by atoms with Gasteiger partial charge in [-0.15, -0.1) is 0 Å². The van der Waals surface area contributed by atoms with Crippen LogP contribution in [0.5, 0.6) is 0 Å². The molecular weight excluding hydrogens is 242 g/mol. The van der Waals surface area contributed by atoms with Crippen LogP contribution in [0.3, 0.4) is 0 Å². The Morgan fingerprint density at radius 3 is 2.53 bits per heavy atom. The molecule has 0 bridgehead atoms. The topological polar surface area (TPSA) is 47.4 Å². The molecule has 0 spiro atoms. The van der Waals surface area contributed by atoms with Crippen LogP contribution in [0.4, 0.5) is 4.79 Å². The third kappa shape index (κ3) is 3.28. The van der Waals surface area contributed by atoms with Gasteiger partial charge in [0.15, 0.2) is 0 Å². The van der Waals surface area contributed by atoms with Gasteiger partial charge in [0.05, 0.1) is 12.2 Å². The van der Waals surface area contributed by atoms with Gasteiger partial charge >= 0.3 is 6.09 Å². The number of rotatable bonds is 2. The van der Waals surface area contributed by atoms with E-state index in [1.807, 2.05) is 31.6 Å². The zero-order valence-electron chi connectivity index (χ0n) is 12.4. The molecule has 1 amide bonds. The highest BCUT2D eigenvalue weighted by molar-refractivity contribution is 5.69.